The second-order valence-electron chi connectivity index (χ2n) is 7.33. The van der Waals surface area contributed by atoms with Gasteiger partial charge in [0.15, 0.2) is 11.3 Å². The van der Waals surface area contributed by atoms with Gasteiger partial charge in [-0.3, -0.25) is 4.57 Å². The van der Waals surface area contributed by atoms with Gasteiger partial charge in [0.1, 0.15) is 17.4 Å². The molecule has 6 heteroatoms. The molecule has 0 unspecified atom stereocenters. The molecule has 154 valence electrons. The first kappa shape index (κ1) is 19.2. The van der Waals surface area contributed by atoms with Gasteiger partial charge in [-0.1, -0.05) is 25.5 Å². The van der Waals surface area contributed by atoms with Gasteiger partial charge in [0, 0.05) is 11.3 Å². The molecular weight excluding hydrogens is 391 g/mol. The molecule has 0 saturated heterocycles. The molecule has 3 aromatic carbocycles. The molecule has 0 atom stereocenters. The summed E-state index contributed by atoms with van der Waals surface area (Å²) in [6, 6.07) is 21.9. The van der Waals surface area contributed by atoms with Crippen LogP contribution in [0.1, 0.15) is 19.8 Å². The first-order valence-electron chi connectivity index (χ1n) is 10.4. The van der Waals surface area contributed by atoms with Gasteiger partial charge in [-0.25, -0.2) is 19.3 Å². The number of unbranched alkanes of at least 4 members (excludes halogenated alkanes) is 1. The third-order valence-corrected chi connectivity index (χ3v) is 5.13. The van der Waals surface area contributed by atoms with Crippen LogP contribution in [0.3, 0.4) is 0 Å². The molecule has 5 nitrogen and oxygen atoms in total. The predicted molar refractivity (Wildman–Crippen MR) is 120 cm³/mol. The van der Waals surface area contributed by atoms with Crippen molar-refractivity contribution >= 4 is 22.3 Å². The number of aromatic nitrogens is 4. The van der Waals surface area contributed by atoms with Crippen LogP contribution in [0.2, 0.25) is 0 Å². The van der Waals surface area contributed by atoms with Crippen LogP contribution >= 0.6 is 0 Å². The fourth-order valence-electron chi connectivity index (χ4n) is 3.52. The van der Waals surface area contributed by atoms with E-state index >= 15 is 0 Å². The SMILES string of the molecule is CCCCOc1ccc(-n2c(-c3ccc(F)cc3)nc3nc4ccccc4nc32)cc1. The van der Waals surface area contributed by atoms with Gasteiger partial charge in [0.25, 0.3) is 0 Å². The molecule has 0 radical (unpaired) electrons. The Kier molecular flexibility index (Phi) is 5.04. The molecule has 0 amide bonds. The van der Waals surface area contributed by atoms with Crippen LogP contribution < -0.4 is 4.74 Å². The van der Waals surface area contributed by atoms with Crippen LogP contribution in [0.15, 0.2) is 72.8 Å². The molecule has 0 aliphatic carbocycles. The van der Waals surface area contributed by atoms with E-state index in [1.54, 1.807) is 12.1 Å². The minimum absolute atomic E-state index is 0.290. The molecule has 31 heavy (non-hydrogen) atoms. The lowest BCUT2D eigenvalue weighted by Crippen LogP contribution is -2.00. The minimum atomic E-state index is -0.290. The lowest BCUT2D eigenvalue weighted by atomic mass is 10.2. The zero-order valence-corrected chi connectivity index (χ0v) is 17.1. The highest BCUT2D eigenvalue weighted by Gasteiger charge is 2.17. The average molecular weight is 412 g/mol. The molecule has 0 aliphatic heterocycles. The zero-order valence-electron chi connectivity index (χ0n) is 17.1. The van der Waals surface area contributed by atoms with Crippen molar-refractivity contribution < 1.29 is 9.13 Å². The largest absolute Gasteiger partial charge is 0.494 e. The number of halogens is 1. The summed E-state index contributed by atoms with van der Waals surface area (Å²) < 4.78 is 21.3. The molecule has 0 fully saturated rings. The first-order chi connectivity index (χ1) is 15.2. The van der Waals surface area contributed by atoms with E-state index in [9.17, 15) is 4.39 Å². The van der Waals surface area contributed by atoms with E-state index in [1.165, 1.54) is 12.1 Å². The summed E-state index contributed by atoms with van der Waals surface area (Å²) >= 11 is 0. The van der Waals surface area contributed by atoms with Crippen LogP contribution in [0.4, 0.5) is 4.39 Å². The van der Waals surface area contributed by atoms with Crippen molar-refractivity contribution in [3.05, 3.63) is 78.6 Å². The van der Waals surface area contributed by atoms with Gasteiger partial charge in [0.05, 0.1) is 17.6 Å². The Morgan fingerprint density at radius 1 is 0.839 bits per heavy atom. The second kappa shape index (κ2) is 8.14. The Morgan fingerprint density at radius 2 is 1.55 bits per heavy atom. The van der Waals surface area contributed by atoms with Crippen molar-refractivity contribution in [3.63, 3.8) is 0 Å². The smallest absolute Gasteiger partial charge is 0.199 e. The molecule has 0 aliphatic rings. The third-order valence-electron chi connectivity index (χ3n) is 5.13. The predicted octanol–water partition coefficient (Wildman–Crippen LogP) is 5.95. The van der Waals surface area contributed by atoms with Gasteiger partial charge in [-0.15, -0.1) is 0 Å². The van der Waals surface area contributed by atoms with Crippen LogP contribution in [-0.2, 0) is 0 Å². The van der Waals surface area contributed by atoms with Crippen LogP contribution in [0.25, 0.3) is 39.4 Å². The molecule has 0 N–H and O–H groups in total. The van der Waals surface area contributed by atoms with Crippen molar-refractivity contribution in [1.82, 2.24) is 19.5 Å². The molecule has 0 bridgehead atoms. The van der Waals surface area contributed by atoms with E-state index in [-0.39, 0.29) is 5.82 Å². The van der Waals surface area contributed by atoms with Crippen molar-refractivity contribution in [3.8, 4) is 22.8 Å². The van der Waals surface area contributed by atoms with Gasteiger partial charge in [-0.2, -0.15) is 0 Å². The quantitative estimate of drug-likeness (QED) is 0.323. The summed E-state index contributed by atoms with van der Waals surface area (Å²) in [5.41, 5.74) is 4.44. The number of ether oxygens (including phenoxy) is 1. The Balaban J connectivity index is 1.67. The van der Waals surface area contributed by atoms with Crippen molar-refractivity contribution in [2.24, 2.45) is 0 Å². The molecular formula is C25H21FN4O. The molecule has 2 heterocycles. The van der Waals surface area contributed by atoms with E-state index in [0.717, 1.165) is 40.9 Å². The van der Waals surface area contributed by atoms with Gasteiger partial charge < -0.3 is 4.74 Å². The van der Waals surface area contributed by atoms with Crippen molar-refractivity contribution in [1.29, 1.82) is 0 Å². The first-order valence-corrected chi connectivity index (χ1v) is 10.4. The maximum Gasteiger partial charge on any atom is 0.199 e. The number of imidazole rings is 1. The summed E-state index contributed by atoms with van der Waals surface area (Å²) in [7, 11) is 0. The van der Waals surface area contributed by atoms with E-state index < -0.39 is 0 Å². The summed E-state index contributed by atoms with van der Waals surface area (Å²) in [5, 5.41) is 0. The molecule has 5 rings (SSSR count). The number of benzene rings is 3. The molecule has 2 aromatic heterocycles. The number of hydrogen-bond acceptors (Lipinski definition) is 4. The Hall–Kier alpha value is -3.80. The Labute approximate surface area is 179 Å². The lowest BCUT2D eigenvalue weighted by molar-refractivity contribution is 0.309. The van der Waals surface area contributed by atoms with Gasteiger partial charge in [0.2, 0.25) is 0 Å². The monoisotopic (exact) mass is 412 g/mol. The number of fused-ring (bicyclic) bond motifs is 2. The number of para-hydroxylation sites is 2. The zero-order chi connectivity index (χ0) is 21.2. The fraction of sp³-hybridized carbons (Fsp3) is 0.160. The highest BCUT2D eigenvalue weighted by atomic mass is 19.1. The van der Waals surface area contributed by atoms with Crippen LogP contribution in [0.5, 0.6) is 5.75 Å². The standard InChI is InChI=1S/C25H21FN4O/c1-2-3-16-31-20-14-12-19(13-15-20)30-24(17-8-10-18(26)11-9-17)29-23-25(30)28-22-7-5-4-6-21(22)27-23/h4-15H,2-3,16H2,1H3. The second-order valence-corrected chi connectivity index (χ2v) is 7.33. The van der Waals surface area contributed by atoms with E-state index in [2.05, 4.69) is 6.92 Å². The van der Waals surface area contributed by atoms with Gasteiger partial charge >= 0.3 is 0 Å². The molecule has 0 spiro atoms. The maximum atomic E-state index is 13.5. The summed E-state index contributed by atoms with van der Waals surface area (Å²) in [5.74, 6) is 1.19. The van der Waals surface area contributed by atoms with E-state index in [1.807, 2.05) is 53.1 Å². The highest BCUT2D eigenvalue weighted by molar-refractivity contribution is 5.86. The number of hydrogen-bond donors (Lipinski definition) is 0. The van der Waals surface area contributed by atoms with E-state index in [0.29, 0.717) is 23.7 Å². The topological polar surface area (TPSA) is 52.8 Å². The normalized spacial score (nSPS) is 11.3. The average Bonchev–Trinajstić information content (AvgIpc) is 3.17. The summed E-state index contributed by atoms with van der Waals surface area (Å²) in [6.45, 7) is 2.83. The Morgan fingerprint density at radius 3 is 2.26 bits per heavy atom. The number of rotatable bonds is 6. The molecule has 0 saturated carbocycles. The van der Waals surface area contributed by atoms with Crippen LogP contribution in [0, 0.1) is 5.82 Å². The third kappa shape index (κ3) is 3.72. The van der Waals surface area contributed by atoms with Crippen LogP contribution in [-0.4, -0.2) is 26.1 Å². The fourth-order valence-corrected chi connectivity index (χ4v) is 3.52. The lowest BCUT2D eigenvalue weighted by Gasteiger charge is -2.11. The van der Waals surface area contributed by atoms with E-state index in [4.69, 9.17) is 19.7 Å². The molecule has 5 aromatic rings. The highest BCUT2D eigenvalue weighted by Crippen LogP contribution is 2.29. The maximum absolute atomic E-state index is 13.5. The van der Waals surface area contributed by atoms with Crippen molar-refractivity contribution in [2.75, 3.05) is 6.61 Å². The summed E-state index contributed by atoms with van der Waals surface area (Å²) in [6.07, 6.45) is 2.11. The number of nitrogens with zero attached hydrogens (tertiary/aromatic N) is 4. The Bertz CT molecular complexity index is 1340. The van der Waals surface area contributed by atoms with Gasteiger partial charge in [-0.05, 0) is 67.1 Å². The summed E-state index contributed by atoms with van der Waals surface area (Å²) in [4.78, 5) is 14.3. The minimum Gasteiger partial charge on any atom is -0.494 e. The van der Waals surface area contributed by atoms with Crippen molar-refractivity contribution in [2.45, 2.75) is 19.8 Å².